The number of halogens is 1. The average Bonchev–Trinajstić information content (AvgIpc) is 3.26. The Morgan fingerprint density at radius 3 is 2.56 bits per heavy atom. The first-order valence-corrected chi connectivity index (χ1v) is 12.2. The molecule has 0 saturated heterocycles. The summed E-state index contributed by atoms with van der Waals surface area (Å²) < 4.78 is 43.4. The Morgan fingerprint density at radius 1 is 0.969 bits per heavy atom. The molecule has 164 valence electrons. The molecule has 0 amide bonds. The second-order valence-corrected chi connectivity index (χ2v) is 10.3. The van der Waals surface area contributed by atoms with Gasteiger partial charge in [0.15, 0.2) is 0 Å². The summed E-state index contributed by atoms with van der Waals surface area (Å²) >= 11 is 0. The van der Waals surface area contributed by atoms with E-state index in [-0.39, 0.29) is 28.6 Å². The Hall–Kier alpha value is -3.12. The third-order valence-electron chi connectivity index (χ3n) is 6.64. The van der Waals surface area contributed by atoms with Gasteiger partial charge in [-0.25, -0.2) is 12.8 Å². The topological polar surface area (TPSA) is 58.2 Å². The van der Waals surface area contributed by atoms with Crippen molar-refractivity contribution in [3.05, 3.63) is 101 Å². The fourth-order valence-electron chi connectivity index (χ4n) is 4.79. The van der Waals surface area contributed by atoms with Crippen LogP contribution in [0.4, 0.5) is 15.8 Å². The number of benzene rings is 3. The minimum atomic E-state index is -3.74. The van der Waals surface area contributed by atoms with Crippen LogP contribution in [-0.2, 0) is 10.0 Å². The van der Waals surface area contributed by atoms with Crippen molar-refractivity contribution in [2.75, 3.05) is 10.0 Å². The molecule has 1 aliphatic carbocycles. The highest BCUT2D eigenvalue weighted by Crippen LogP contribution is 2.50. The quantitative estimate of drug-likeness (QED) is 0.476. The van der Waals surface area contributed by atoms with Gasteiger partial charge < -0.3 is 5.32 Å². The molecule has 2 N–H and O–H groups in total. The zero-order valence-electron chi connectivity index (χ0n) is 18.0. The number of hydrogen-bond acceptors (Lipinski definition) is 3. The van der Waals surface area contributed by atoms with Gasteiger partial charge in [-0.2, -0.15) is 0 Å². The van der Waals surface area contributed by atoms with Gasteiger partial charge in [0.1, 0.15) is 5.82 Å². The number of nitrogens with one attached hydrogen (secondary N) is 2. The first-order valence-electron chi connectivity index (χ1n) is 10.7. The van der Waals surface area contributed by atoms with Gasteiger partial charge in [0, 0.05) is 22.9 Å². The lowest BCUT2D eigenvalue weighted by atomic mass is 9.77. The summed E-state index contributed by atoms with van der Waals surface area (Å²) in [5.41, 5.74) is 5.09. The lowest BCUT2D eigenvalue weighted by molar-refractivity contribution is 0.413. The Kier molecular flexibility index (Phi) is 5.05. The van der Waals surface area contributed by atoms with E-state index in [1.807, 2.05) is 38.1 Å². The lowest BCUT2D eigenvalue weighted by Gasteiger charge is -2.37. The van der Waals surface area contributed by atoms with E-state index in [0.29, 0.717) is 11.3 Å². The number of anilines is 2. The molecule has 0 fully saturated rings. The molecule has 0 unspecified atom stereocenters. The molecule has 2 aliphatic rings. The van der Waals surface area contributed by atoms with Crippen LogP contribution < -0.4 is 10.0 Å². The van der Waals surface area contributed by atoms with Crippen LogP contribution in [0.15, 0.2) is 77.7 Å². The lowest BCUT2D eigenvalue weighted by Crippen LogP contribution is -2.30. The average molecular weight is 449 g/mol. The summed E-state index contributed by atoms with van der Waals surface area (Å²) in [6.45, 7) is 3.94. The number of sulfonamides is 1. The van der Waals surface area contributed by atoms with Crippen LogP contribution >= 0.6 is 0 Å². The van der Waals surface area contributed by atoms with Crippen LogP contribution in [-0.4, -0.2) is 8.42 Å². The normalized spacial score (nSPS) is 21.5. The number of rotatable bonds is 4. The molecule has 3 atom stereocenters. The van der Waals surface area contributed by atoms with Crippen molar-refractivity contribution in [1.29, 1.82) is 0 Å². The maximum Gasteiger partial charge on any atom is 0.261 e. The van der Waals surface area contributed by atoms with Crippen LogP contribution in [0.2, 0.25) is 0 Å². The number of aryl methyl sites for hydroxylation is 2. The highest BCUT2D eigenvalue weighted by atomic mass is 32.2. The predicted octanol–water partition coefficient (Wildman–Crippen LogP) is 6.07. The second-order valence-electron chi connectivity index (χ2n) is 8.65. The third kappa shape index (κ3) is 3.58. The van der Waals surface area contributed by atoms with E-state index in [1.165, 1.54) is 6.07 Å². The van der Waals surface area contributed by atoms with Crippen LogP contribution in [0.25, 0.3) is 0 Å². The van der Waals surface area contributed by atoms with E-state index in [4.69, 9.17) is 0 Å². The fourth-order valence-corrected chi connectivity index (χ4v) is 5.88. The van der Waals surface area contributed by atoms with Crippen molar-refractivity contribution in [3.63, 3.8) is 0 Å². The minimum Gasteiger partial charge on any atom is -0.378 e. The van der Waals surface area contributed by atoms with Gasteiger partial charge in [-0.05, 0) is 79.3 Å². The van der Waals surface area contributed by atoms with Crippen molar-refractivity contribution in [1.82, 2.24) is 0 Å². The Balaban J connectivity index is 1.49. The molecule has 3 aromatic rings. The molecule has 0 spiro atoms. The molecule has 0 aromatic heterocycles. The van der Waals surface area contributed by atoms with E-state index in [2.05, 4.69) is 22.2 Å². The van der Waals surface area contributed by atoms with Gasteiger partial charge in [-0.15, -0.1) is 0 Å². The first kappa shape index (κ1) is 20.8. The zero-order valence-corrected chi connectivity index (χ0v) is 18.8. The SMILES string of the molecule is Cc1ccc(NS(=O)(=O)c2ccc3c(c2)[C@H]2C=CC[C@H]2[C@@H](c2ccccc2F)N3)cc1C. The summed E-state index contributed by atoms with van der Waals surface area (Å²) in [6.07, 6.45) is 5.04. The fraction of sp³-hybridized carbons (Fsp3) is 0.231. The molecular formula is C26H25FN2O2S. The third-order valence-corrected chi connectivity index (χ3v) is 8.02. The largest absolute Gasteiger partial charge is 0.378 e. The maximum atomic E-state index is 14.5. The molecular weight excluding hydrogens is 423 g/mol. The van der Waals surface area contributed by atoms with Gasteiger partial charge in [0.2, 0.25) is 0 Å². The molecule has 3 aromatic carbocycles. The van der Waals surface area contributed by atoms with Gasteiger partial charge in [0.05, 0.1) is 10.9 Å². The molecule has 6 heteroatoms. The highest BCUT2D eigenvalue weighted by Gasteiger charge is 2.39. The molecule has 5 rings (SSSR count). The van der Waals surface area contributed by atoms with E-state index in [9.17, 15) is 12.8 Å². The monoisotopic (exact) mass is 448 g/mol. The second kappa shape index (κ2) is 7.78. The smallest absolute Gasteiger partial charge is 0.261 e. The molecule has 0 radical (unpaired) electrons. The van der Waals surface area contributed by atoms with Crippen LogP contribution in [0, 0.1) is 25.6 Å². The molecule has 0 saturated carbocycles. The first-order chi connectivity index (χ1) is 15.3. The molecule has 4 nitrogen and oxygen atoms in total. The van der Waals surface area contributed by atoms with E-state index in [0.717, 1.165) is 28.8 Å². The van der Waals surface area contributed by atoms with Crippen LogP contribution in [0.5, 0.6) is 0 Å². The van der Waals surface area contributed by atoms with E-state index < -0.39 is 10.0 Å². The summed E-state index contributed by atoms with van der Waals surface area (Å²) in [5.74, 6) is -0.0615. The van der Waals surface area contributed by atoms with Crippen molar-refractivity contribution in [2.45, 2.75) is 37.1 Å². The van der Waals surface area contributed by atoms with Gasteiger partial charge in [-0.1, -0.05) is 36.4 Å². The van der Waals surface area contributed by atoms with Crippen LogP contribution in [0.1, 0.15) is 40.6 Å². The number of allylic oxidation sites excluding steroid dienone is 2. The number of hydrogen-bond donors (Lipinski definition) is 2. The van der Waals surface area contributed by atoms with Crippen molar-refractivity contribution in [3.8, 4) is 0 Å². The van der Waals surface area contributed by atoms with Crippen molar-refractivity contribution in [2.24, 2.45) is 5.92 Å². The molecule has 1 aliphatic heterocycles. The highest BCUT2D eigenvalue weighted by molar-refractivity contribution is 7.92. The molecule has 32 heavy (non-hydrogen) atoms. The van der Waals surface area contributed by atoms with Gasteiger partial charge >= 0.3 is 0 Å². The number of fused-ring (bicyclic) bond motifs is 3. The Morgan fingerprint density at radius 2 is 1.78 bits per heavy atom. The van der Waals surface area contributed by atoms with Crippen molar-refractivity contribution < 1.29 is 12.8 Å². The minimum absolute atomic E-state index is 0.0348. The summed E-state index contributed by atoms with van der Waals surface area (Å²) in [6, 6.07) is 17.3. The van der Waals surface area contributed by atoms with Crippen LogP contribution in [0.3, 0.4) is 0 Å². The molecule has 1 heterocycles. The van der Waals surface area contributed by atoms with Gasteiger partial charge in [0.25, 0.3) is 10.0 Å². The predicted molar refractivity (Wildman–Crippen MR) is 126 cm³/mol. The van der Waals surface area contributed by atoms with E-state index >= 15 is 0 Å². The van der Waals surface area contributed by atoms with E-state index in [1.54, 1.807) is 30.3 Å². The summed E-state index contributed by atoms with van der Waals surface area (Å²) in [5, 5.41) is 3.47. The maximum absolute atomic E-state index is 14.5. The standard InChI is InChI=1S/C26H25FN2O2S/c1-16-10-11-18(14-17(16)2)29-32(30,31)19-12-13-25-23(15-19)20-7-5-8-21(20)26(28-25)22-6-3-4-9-24(22)27/h3-7,9-15,20-21,26,28-29H,8H2,1-2H3/t20-,21+,26-/m0/s1. The van der Waals surface area contributed by atoms with Gasteiger partial charge in [-0.3, -0.25) is 4.72 Å². The zero-order chi connectivity index (χ0) is 22.5. The Bertz CT molecular complexity index is 1330. The Labute approximate surface area is 188 Å². The summed E-state index contributed by atoms with van der Waals surface area (Å²) in [4.78, 5) is 0.222. The molecule has 0 bridgehead atoms. The summed E-state index contributed by atoms with van der Waals surface area (Å²) in [7, 11) is -3.74. The van der Waals surface area contributed by atoms with Crippen molar-refractivity contribution >= 4 is 21.4 Å².